The largest absolute Gasteiger partial charge is 0.495 e. The number of likely N-dealkylation sites (N-methyl/N-ethyl adjacent to an activating group) is 1. The Kier molecular flexibility index (Phi) is 7.13. The summed E-state index contributed by atoms with van der Waals surface area (Å²) in [6.07, 6.45) is 4.33. The molecule has 31 heavy (non-hydrogen) atoms. The zero-order chi connectivity index (χ0) is 22.6. The number of sulfonamides is 1. The van der Waals surface area contributed by atoms with Crippen LogP contribution in [-0.4, -0.2) is 52.5 Å². The van der Waals surface area contributed by atoms with Crippen molar-refractivity contribution in [3.63, 3.8) is 0 Å². The lowest BCUT2D eigenvalue weighted by Crippen LogP contribution is -2.50. The van der Waals surface area contributed by atoms with E-state index < -0.39 is 10.0 Å². The summed E-state index contributed by atoms with van der Waals surface area (Å²) >= 11 is 5.99. The number of nitrogens with one attached hydrogen (secondary N) is 2. The molecule has 1 amide bonds. The topological polar surface area (TPSA) is 87.7 Å². The Bertz CT molecular complexity index is 1050. The Morgan fingerprint density at radius 1 is 1.16 bits per heavy atom. The fourth-order valence-electron chi connectivity index (χ4n) is 3.93. The first-order valence-electron chi connectivity index (χ1n) is 10.1. The molecule has 7 nitrogen and oxygen atoms in total. The van der Waals surface area contributed by atoms with Crippen molar-refractivity contribution < 1.29 is 17.9 Å². The van der Waals surface area contributed by atoms with Crippen LogP contribution in [0.25, 0.3) is 0 Å². The normalized spacial score (nSPS) is 15.6. The molecule has 2 aromatic rings. The van der Waals surface area contributed by atoms with Gasteiger partial charge in [0.2, 0.25) is 0 Å². The van der Waals surface area contributed by atoms with Gasteiger partial charge in [0.05, 0.1) is 17.7 Å². The second-order valence-corrected chi connectivity index (χ2v) is 10.1. The molecular weight excluding hydrogens is 438 g/mol. The maximum Gasteiger partial charge on any atom is 0.262 e. The molecule has 0 aromatic heterocycles. The van der Waals surface area contributed by atoms with Gasteiger partial charge in [-0.2, -0.15) is 0 Å². The van der Waals surface area contributed by atoms with Gasteiger partial charge in [0.15, 0.2) is 0 Å². The number of hydrogen-bond donors (Lipinski definition) is 2. The zero-order valence-corrected chi connectivity index (χ0v) is 19.5. The van der Waals surface area contributed by atoms with E-state index in [2.05, 4.69) is 14.9 Å². The van der Waals surface area contributed by atoms with E-state index in [0.717, 1.165) is 25.7 Å². The van der Waals surface area contributed by atoms with Crippen LogP contribution in [-0.2, 0) is 10.0 Å². The fraction of sp³-hybridized carbons (Fsp3) is 0.409. The molecule has 1 saturated carbocycles. The van der Waals surface area contributed by atoms with Crippen LogP contribution in [0.3, 0.4) is 0 Å². The van der Waals surface area contributed by atoms with E-state index in [4.69, 9.17) is 16.3 Å². The second-order valence-electron chi connectivity index (χ2n) is 7.99. The molecule has 1 aliphatic carbocycles. The van der Waals surface area contributed by atoms with Crippen molar-refractivity contribution in [2.45, 2.75) is 36.1 Å². The van der Waals surface area contributed by atoms with Crippen molar-refractivity contribution in [3.8, 4) is 5.75 Å². The quantitative estimate of drug-likeness (QED) is 0.619. The second kappa shape index (κ2) is 9.46. The van der Waals surface area contributed by atoms with Gasteiger partial charge >= 0.3 is 0 Å². The predicted molar refractivity (Wildman–Crippen MR) is 122 cm³/mol. The predicted octanol–water partition coefficient (Wildman–Crippen LogP) is 3.75. The molecule has 2 aromatic carbocycles. The van der Waals surface area contributed by atoms with E-state index >= 15 is 0 Å². The number of carbonyl (C=O) groups excluding carboxylic acids is 1. The third-order valence-corrected chi connectivity index (χ3v) is 7.47. The summed E-state index contributed by atoms with van der Waals surface area (Å²) in [5.41, 5.74) is 0.455. The smallest absolute Gasteiger partial charge is 0.262 e. The van der Waals surface area contributed by atoms with Crippen molar-refractivity contribution >= 4 is 33.2 Å². The van der Waals surface area contributed by atoms with E-state index in [-0.39, 0.29) is 27.6 Å². The summed E-state index contributed by atoms with van der Waals surface area (Å²) in [6.45, 7) is 0.522. The van der Waals surface area contributed by atoms with Gasteiger partial charge in [0.1, 0.15) is 5.75 Å². The van der Waals surface area contributed by atoms with E-state index in [0.29, 0.717) is 17.3 Å². The van der Waals surface area contributed by atoms with Gasteiger partial charge in [-0.3, -0.25) is 9.52 Å². The molecule has 0 spiro atoms. The minimum atomic E-state index is -3.95. The van der Waals surface area contributed by atoms with Gasteiger partial charge < -0.3 is 15.0 Å². The van der Waals surface area contributed by atoms with Crippen molar-refractivity contribution in [3.05, 3.63) is 53.1 Å². The Balaban J connectivity index is 1.77. The summed E-state index contributed by atoms with van der Waals surface area (Å²) in [4.78, 5) is 14.9. The van der Waals surface area contributed by atoms with Crippen LogP contribution in [0.15, 0.2) is 47.4 Å². The lowest BCUT2D eigenvalue weighted by molar-refractivity contribution is 0.0900. The molecule has 0 atom stereocenters. The van der Waals surface area contributed by atoms with E-state index in [1.165, 1.54) is 25.3 Å². The monoisotopic (exact) mass is 465 g/mol. The Morgan fingerprint density at radius 2 is 1.87 bits per heavy atom. The van der Waals surface area contributed by atoms with Crippen LogP contribution in [0.2, 0.25) is 5.02 Å². The first-order valence-corrected chi connectivity index (χ1v) is 11.9. The highest BCUT2D eigenvalue weighted by atomic mass is 35.5. The number of carbonyl (C=O) groups is 1. The average Bonchev–Trinajstić information content (AvgIpc) is 3.22. The molecule has 168 valence electrons. The Morgan fingerprint density at radius 3 is 2.52 bits per heavy atom. The molecule has 1 aliphatic rings. The minimum Gasteiger partial charge on any atom is -0.495 e. The van der Waals surface area contributed by atoms with Crippen molar-refractivity contribution in [1.29, 1.82) is 0 Å². The Labute approximate surface area is 188 Å². The highest BCUT2D eigenvalue weighted by Gasteiger charge is 2.36. The van der Waals surface area contributed by atoms with Gasteiger partial charge in [-0.05, 0) is 63.3 Å². The third kappa shape index (κ3) is 5.31. The first kappa shape index (κ1) is 23.4. The van der Waals surface area contributed by atoms with Gasteiger partial charge in [-0.15, -0.1) is 0 Å². The molecule has 3 rings (SSSR count). The van der Waals surface area contributed by atoms with Gasteiger partial charge in [0.25, 0.3) is 15.9 Å². The number of rotatable bonds is 8. The van der Waals surface area contributed by atoms with E-state index in [9.17, 15) is 13.2 Å². The number of methoxy groups -OCH3 is 1. The van der Waals surface area contributed by atoms with Crippen molar-refractivity contribution in [1.82, 2.24) is 10.2 Å². The standard InChI is InChI=1S/C22H28ClN3O4S/c1-26(2)22(11-4-5-12-22)15-24-21(27)16-7-6-8-18(13-16)31(28,29)25-19-14-17(23)9-10-20(19)30-3/h6-10,13-14,25H,4-5,11-12,15H2,1-3H3,(H,24,27). The van der Waals surface area contributed by atoms with Crippen LogP contribution in [0.4, 0.5) is 5.69 Å². The van der Waals surface area contributed by atoms with Crippen LogP contribution >= 0.6 is 11.6 Å². The molecule has 0 saturated heterocycles. The molecule has 0 bridgehead atoms. The molecule has 0 aliphatic heterocycles. The number of amides is 1. The Hall–Kier alpha value is -2.29. The number of anilines is 1. The van der Waals surface area contributed by atoms with E-state index in [1.54, 1.807) is 24.3 Å². The average molecular weight is 466 g/mol. The number of hydrogen-bond acceptors (Lipinski definition) is 5. The lowest BCUT2D eigenvalue weighted by Gasteiger charge is -2.36. The van der Waals surface area contributed by atoms with Gasteiger partial charge in [0, 0.05) is 22.7 Å². The summed E-state index contributed by atoms with van der Waals surface area (Å²) in [6, 6.07) is 10.6. The molecule has 2 N–H and O–H groups in total. The van der Waals surface area contributed by atoms with Crippen LogP contribution in [0.1, 0.15) is 36.0 Å². The molecule has 9 heteroatoms. The summed E-state index contributed by atoms with van der Waals surface area (Å²) in [5.74, 6) is 0.0398. The minimum absolute atomic E-state index is 0.0228. The number of nitrogens with zero attached hydrogens (tertiary/aromatic N) is 1. The maximum atomic E-state index is 12.9. The number of benzene rings is 2. The fourth-order valence-corrected chi connectivity index (χ4v) is 5.21. The zero-order valence-electron chi connectivity index (χ0n) is 17.9. The number of halogens is 1. The number of ether oxygens (including phenoxy) is 1. The molecular formula is C22H28ClN3O4S. The summed E-state index contributed by atoms with van der Waals surface area (Å²) in [5, 5.41) is 3.35. The van der Waals surface area contributed by atoms with E-state index in [1.807, 2.05) is 14.1 Å². The van der Waals surface area contributed by atoms with Gasteiger partial charge in [-0.25, -0.2) is 8.42 Å². The summed E-state index contributed by atoms with van der Waals surface area (Å²) in [7, 11) is 1.55. The van der Waals surface area contributed by atoms with Gasteiger partial charge in [-0.1, -0.05) is 30.5 Å². The van der Waals surface area contributed by atoms with Crippen molar-refractivity contribution in [2.24, 2.45) is 0 Å². The maximum absolute atomic E-state index is 12.9. The molecule has 0 heterocycles. The summed E-state index contributed by atoms with van der Waals surface area (Å²) < 4.78 is 33.5. The van der Waals surface area contributed by atoms with Crippen LogP contribution in [0, 0.1) is 0 Å². The molecule has 0 unspecified atom stereocenters. The SMILES string of the molecule is COc1ccc(Cl)cc1NS(=O)(=O)c1cccc(C(=O)NCC2(N(C)C)CCCC2)c1. The first-order chi connectivity index (χ1) is 14.7. The highest BCUT2D eigenvalue weighted by Crippen LogP contribution is 2.33. The van der Waals surface area contributed by atoms with Crippen molar-refractivity contribution in [2.75, 3.05) is 32.5 Å². The third-order valence-electron chi connectivity index (χ3n) is 5.87. The lowest BCUT2D eigenvalue weighted by atomic mass is 9.96. The highest BCUT2D eigenvalue weighted by molar-refractivity contribution is 7.92. The van der Waals surface area contributed by atoms with Crippen LogP contribution in [0.5, 0.6) is 5.75 Å². The van der Waals surface area contributed by atoms with Crippen LogP contribution < -0.4 is 14.8 Å². The molecule has 1 fully saturated rings. The molecule has 0 radical (unpaired) electrons.